The van der Waals surface area contributed by atoms with Crippen LogP contribution in [0.4, 0.5) is 13.2 Å². The maximum absolute atomic E-state index is 12.9. The molecule has 1 spiro atoms. The number of ether oxygens (including phenoxy) is 1. The lowest BCUT2D eigenvalue weighted by Crippen LogP contribution is -2.45. The van der Waals surface area contributed by atoms with Crippen LogP contribution in [0.1, 0.15) is 67.0 Å². The number of methoxy groups -OCH3 is 1. The van der Waals surface area contributed by atoms with Crippen LogP contribution in [0.2, 0.25) is 0 Å². The molecule has 1 amide bonds. The molecule has 2 aliphatic heterocycles. The molecule has 2 fully saturated rings. The number of fused-ring (bicyclic) bond motifs is 1. The Kier molecular flexibility index (Phi) is 8.59. The maximum Gasteiger partial charge on any atom is 0.490 e. The molecule has 5 rings (SSSR count). The highest BCUT2D eigenvalue weighted by Gasteiger charge is 2.40. The molecular weight excluding hydrogens is 503 g/mol. The second-order valence-electron chi connectivity index (χ2n) is 10.4. The Bertz CT molecular complexity index is 1120. The zero-order chi connectivity index (χ0) is 27.3. The summed E-state index contributed by atoms with van der Waals surface area (Å²) in [7, 11) is 1.72. The molecule has 2 aromatic rings. The highest BCUT2D eigenvalue weighted by atomic mass is 19.4. The number of carbonyl (C=O) groups excluding carboxylic acids is 1. The Hall–Kier alpha value is -3.15. The van der Waals surface area contributed by atoms with Crippen molar-refractivity contribution in [2.75, 3.05) is 20.2 Å². The van der Waals surface area contributed by atoms with Gasteiger partial charge in [0.15, 0.2) is 0 Å². The van der Waals surface area contributed by atoms with Crippen molar-refractivity contribution in [1.29, 1.82) is 0 Å². The minimum absolute atomic E-state index is 0.0434. The number of hydrogen-bond donors (Lipinski definition) is 2. The Morgan fingerprint density at radius 3 is 2.47 bits per heavy atom. The Morgan fingerprint density at radius 2 is 1.84 bits per heavy atom. The van der Waals surface area contributed by atoms with E-state index in [2.05, 4.69) is 43.2 Å². The molecule has 2 N–H and O–H groups in total. The average molecular weight is 538 g/mol. The average Bonchev–Trinajstić information content (AvgIpc) is 3.55. The number of aryl methyl sites for hydroxylation is 1. The van der Waals surface area contributed by atoms with Crippen LogP contribution in [0.3, 0.4) is 0 Å². The van der Waals surface area contributed by atoms with Crippen molar-refractivity contribution in [3.05, 3.63) is 41.5 Å². The van der Waals surface area contributed by atoms with Gasteiger partial charge in [0.2, 0.25) is 5.82 Å². The SMILES string of the molecule is COc1cccc(CN2CCC3(CCc4nnc(C(=O)NC5CCCC5)n4C3)CC2)c1.O=C(O)C(F)(F)F. The topological polar surface area (TPSA) is 110 Å². The van der Waals surface area contributed by atoms with E-state index in [1.54, 1.807) is 7.11 Å². The fraction of sp³-hybridized carbons (Fsp3) is 0.615. The van der Waals surface area contributed by atoms with Gasteiger partial charge in [-0.2, -0.15) is 13.2 Å². The summed E-state index contributed by atoms with van der Waals surface area (Å²) >= 11 is 0. The van der Waals surface area contributed by atoms with Gasteiger partial charge in [0, 0.05) is 25.6 Å². The standard InChI is InChI=1S/C24H33N5O2.C2HF3O2/c1-31-20-8-4-5-18(15-20)16-28-13-11-24(12-14-28)10-9-21-26-27-22(29(21)17-24)23(30)25-19-6-2-3-7-19;3-2(4,5)1(6)7/h4-5,8,15,19H,2-3,6-7,9-14,16-17H2,1H3,(H,25,30);(H,6,7). The van der Waals surface area contributed by atoms with Crippen molar-refractivity contribution in [3.63, 3.8) is 0 Å². The normalized spacial score (nSPS) is 19.4. The second kappa shape index (κ2) is 11.7. The van der Waals surface area contributed by atoms with E-state index in [1.807, 2.05) is 6.07 Å². The van der Waals surface area contributed by atoms with E-state index in [-0.39, 0.29) is 11.3 Å². The molecule has 0 bridgehead atoms. The molecule has 9 nitrogen and oxygen atoms in total. The highest BCUT2D eigenvalue weighted by Crippen LogP contribution is 2.41. The predicted octanol–water partition coefficient (Wildman–Crippen LogP) is 3.82. The highest BCUT2D eigenvalue weighted by molar-refractivity contribution is 5.91. The van der Waals surface area contributed by atoms with Crippen LogP contribution in [0.25, 0.3) is 0 Å². The number of halogens is 3. The van der Waals surface area contributed by atoms with Crippen LogP contribution in [0, 0.1) is 5.41 Å². The van der Waals surface area contributed by atoms with E-state index < -0.39 is 12.1 Å². The number of alkyl halides is 3. The molecule has 1 saturated heterocycles. The van der Waals surface area contributed by atoms with Gasteiger partial charge in [-0.15, -0.1) is 10.2 Å². The second-order valence-corrected chi connectivity index (χ2v) is 10.4. The van der Waals surface area contributed by atoms with Gasteiger partial charge < -0.3 is 19.7 Å². The summed E-state index contributed by atoms with van der Waals surface area (Å²) in [6, 6.07) is 8.66. The molecule has 1 aliphatic carbocycles. The first kappa shape index (κ1) is 27.9. The minimum atomic E-state index is -5.08. The number of hydrogen-bond acceptors (Lipinski definition) is 6. The first-order chi connectivity index (χ1) is 18.1. The monoisotopic (exact) mass is 537 g/mol. The first-order valence-corrected chi connectivity index (χ1v) is 13.0. The molecule has 3 heterocycles. The quantitative estimate of drug-likeness (QED) is 0.597. The lowest BCUT2D eigenvalue weighted by Gasteiger charge is -2.44. The number of aromatic nitrogens is 3. The van der Waals surface area contributed by atoms with E-state index in [4.69, 9.17) is 14.6 Å². The fourth-order valence-corrected chi connectivity index (χ4v) is 5.59. The first-order valence-electron chi connectivity index (χ1n) is 13.0. The van der Waals surface area contributed by atoms with Crippen molar-refractivity contribution in [2.45, 2.75) is 76.7 Å². The number of aliphatic carboxylic acids is 1. The smallest absolute Gasteiger partial charge is 0.490 e. The molecular formula is C26H34F3N5O4. The third-order valence-corrected chi connectivity index (χ3v) is 7.79. The number of carboxylic acids is 1. The van der Waals surface area contributed by atoms with Crippen molar-refractivity contribution in [2.24, 2.45) is 5.41 Å². The zero-order valence-corrected chi connectivity index (χ0v) is 21.5. The van der Waals surface area contributed by atoms with Crippen LogP contribution in [0.15, 0.2) is 24.3 Å². The Morgan fingerprint density at radius 1 is 1.16 bits per heavy atom. The number of benzene rings is 1. The summed E-state index contributed by atoms with van der Waals surface area (Å²) in [5, 5.41) is 18.9. The third-order valence-electron chi connectivity index (χ3n) is 7.79. The molecule has 0 radical (unpaired) electrons. The molecule has 0 atom stereocenters. The Labute approximate surface area is 219 Å². The minimum Gasteiger partial charge on any atom is -0.497 e. The molecule has 208 valence electrons. The number of carbonyl (C=O) groups is 2. The number of nitrogens with zero attached hydrogens (tertiary/aromatic N) is 4. The van der Waals surface area contributed by atoms with Crippen molar-refractivity contribution >= 4 is 11.9 Å². The third kappa shape index (κ3) is 6.83. The van der Waals surface area contributed by atoms with Gasteiger partial charge >= 0.3 is 12.1 Å². The van der Waals surface area contributed by atoms with Crippen molar-refractivity contribution in [3.8, 4) is 5.75 Å². The van der Waals surface area contributed by atoms with Gasteiger partial charge in [0.25, 0.3) is 5.91 Å². The van der Waals surface area contributed by atoms with Gasteiger partial charge in [-0.1, -0.05) is 25.0 Å². The summed E-state index contributed by atoms with van der Waals surface area (Å²) < 4.78 is 39.2. The summed E-state index contributed by atoms with van der Waals surface area (Å²) in [4.78, 5) is 24.3. The molecule has 0 unspecified atom stereocenters. The number of amides is 1. The number of carboxylic acid groups (broad SMARTS) is 1. The summed E-state index contributed by atoms with van der Waals surface area (Å²) in [5.74, 6) is -0.395. The van der Waals surface area contributed by atoms with E-state index in [1.165, 1.54) is 18.4 Å². The summed E-state index contributed by atoms with van der Waals surface area (Å²) in [6.45, 7) is 3.99. The number of nitrogens with one attached hydrogen (secondary N) is 1. The Balaban J connectivity index is 0.000000426. The molecule has 38 heavy (non-hydrogen) atoms. The van der Waals surface area contributed by atoms with Crippen molar-refractivity contribution in [1.82, 2.24) is 25.0 Å². The number of likely N-dealkylation sites (tertiary alicyclic amines) is 1. The summed E-state index contributed by atoms with van der Waals surface area (Å²) in [6.07, 6.45) is 3.86. The van der Waals surface area contributed by atoms with Crippen LogP contribution < -0.4 is 10.1 Å². The maximum atomic E-state index is 12.9. The van der Waals surface area contributed by atoms with E-state index in [9.17, 15) is 18.0 Å². The zero-order valence-electron chi connectivity index (χ0n) is 21.5. The van der Waals surface area contributed by atoms with Crippen LogP contribution >= 0.6 is 0 Å². The molecule has 12 heteroatoms. The van der Waals surface area contributed by atoms with Gasteiger partial charge in [-0.25, -0.2) is 4.79 Å². The van der Waals surface area contributed by atoms with E-state index in [0.717, 1.165) is 76.3 Å². The lowest BCUT2D eigenvalue weighted by atomic mass is 9.73. The number of rotatable bonds is 5. The molecule has 1 aromatic heterocycles. The van der Waals surface area contributed by atoms with Crippen LogP contribution in [-0.4, -0.2) is 69.1 Å². The number of piperidine rings is 1. The predicted molar refractivity (Wildman–Crippen MR) is 132 cm³/mol. The molecule has 1 aromatic carbocycles. The van der Waals surface area contributed by atoms with Gasteiger partial charge in [0.05, 0.1) is 7.11 Å². The van der Waals surface area contributed by atoms with Gasteiger partial charge in [0.1, 0.15) is 11.6 Å². The largest absolute Gasteiger partial charge is 0.497 e. The summed E-state index contributed by atoms with van der Waals surface area (Å²) in [5.41, 5.74) is 1.55. The van der Waals surface area contributed by atoms with Gasteiger partial charge in [-0.05, 0) is 68.3 Å². The van der Waals surface area contributed by atoms with E-state index in [0.29, 0.717) is 11.9 Å². The van der Waals surface area contributed by atoms with E-state index >= 15 is 0 Å². The lowest BCUT2D eigenvalue weighted by molar-refractivity contribution is -0.192. The fourth-order valence-electron chi connectivity index (χ4n) is 5.59. The van der Waals surface area contributed by atoms with Crippen LogP contribution in [0.5, 0.6) is 5.75 Å². The van der Waals surface area contributed by atoms with Crippen molar-refractivity contribution < 1.29 is 32.6 Å². The van der Waals surface area contributed by atoms with Gasteiger partial charge in [-0.3, -0.25) is 9.69 Å². The molecule has 3 aliphatic rings. The molecule has 1 saturated carbocycles. The van der Waals surface area contributed by atoms with Crippen LogP contribution in [-0.2, 0) is 24.3 Å².